The average Bonchev–Trinajstić information content (AvgIpc) is 2.93. The van der Waals surface area contributed by atoms with Gasteiger partial charge in [-0.05, 0) is 114 Å². The summed E-state index contributed by atoms with van der Waals surface area (Å²) in [6.45, 7) is 6.98. The smallest absolute Gasteiger partial charge is 0.198 e. The lowest BCUT2D eigenvalue weighted by Crippen LogP contribution is -2.21. The van der Waals surface area contributed by atoms with Crippen LogP contribution < -0.4 is 4.74 Å². The zero-order chi connectivity index (χ0) is 28.6. The van der Waals surface area contributed by atoms with Crippen molar-refractivity contribution in [2.45, 2.75) is 72.1 Å². The molecule has 0 atom stereocenters. The maximum Gasteiger partial charge on any atom is 0.198 e. The molecule has 1 fully saturated rings. The molecule has 2 aliphatic rings. The third-order valence-corrected chi connectivity index (χ3v) is 9.54. The van der Waals surface area contributed by atoms with Crippen molar-refractivity contribution in [1.29, 1.82) is 0 Å². The van der Waals surface area contributed by atoms with Crippen molar-refractivity contribution >= 4 is 34.2 Å². The van der Waals surface area contributed by atoms with Gasteiger partial charge in [0.2, 0.25) is 0 Å². The lowest BCUT2D eigenvalue weighted by molar-refractivity contribution is 0.0974. The summed E-state index contributed by atoms with van der Waals surface area (Å²) in [5.74, 6) is 0.976. The Bertz CT molecular complexity index is 1440. The lowest BCUT2D eigenvalue weighted by atomic mass is 9.80. The number of phenolic OH excluding ortho intramolecular Hbond substituents is 2. The van der Waals surface area contributed by atoms with Gasteiger partial charge in [-0.1, -0.05) is 45.4 Å². The molecule has 0 radical (unpaired) electrons. The Morgan fingerprint density at radius 3 is 1.98 bits per heavy atom. The second-order valence-corrected chi connectivity index (χ2v) is 12.7. The van der Waals surface area contributed by atoms with Gasteiger partial charge in [-0.3, -0.25) is 9.59 Å². The van der Waals surface area contributed by atoms with Gasteiger partial charge in [0.05, 0.1) is 21.3 Å². The third-order valence-electron chi connectivity index (χ3n) is 8.67. The van der Waals surface area contributed by atoms with E-state index in [1.165, 1.54) is 57.4 Å². The number of fused-ring (bicyclic) bond motifs is 2. The number of ketones is 2. The molecule has 5 nitrogen and oxygen atoms in total. The molecular weight excluding hydrogens is 615 g/mol. The van der Waals surface area contributed by atoms with Crippen LogP contribution >= 0.6 is 22.6 Å². The Hall–Kier alpha value is -2.87. The molecule has 0 spiro atoms. The summed E-state index contributed by atoms with van der Waals surface area (Å²) in [5.41, 5.74) is 3.36. The number of hydrogen-bond acceptors (Lipinski definition) is 5. The number of unbranched alkanes of at least 4 members (excludes halogenated alkanes) is 2. The van der Waals surface area contributed by atoms with E-state index in [0.717, 1.165) is 28.4 Å². The molecular formula is C34H37IO5. The highest BCUT2D eigenvalue weighted by atomic mass is 127. The van der Waals surface area contributed by atoms with E-state index in [2.05, 4.69) is 6.92 Å². The van der Waals surface area contributed by atoms with E-state index in [0.29, 0.717) is 21.7 Å². The summed E-state index contributed by atoms with van der Waals surface area (Å²) >= 11 is 1.93. The number of carbonyl (C=O) groups is 2. The van der Waals surface area contributed by atoms with E-state index in [-0.39, 0.29) is 33.8 Å². The molecule has 0 aromatic heterocycles. The molecule has 0 aliphatic heterocycles. The van der Waals surface area contributed by atoms with Gasteiger partial charge >= 0.3 is 0 Å². The molecule has 0 bridgehead atoms. The van der Waals surface area contributed by atoms with Gasteiger partial charge in [-0.15, -0.1) is 0 Å². The Balaban J connectivity index is 1.34. The van der Waals surface area contributed by atoms with E-state index in [1.807, 2.05) is 48.6 Å². The zero-order valence-corrected chi connectivity index (χ0v) is 25.6. The van der Waals surface area contributed by atoms with Crippen LogP contribution in [0.3, 0.4) is 0 Å². The lowest BCUT2D eigenvalue weighted by Gasteiger charge is -2.29. The minimum Gasteiger partial charge on any atom is -0.507 e. The van der Waals surface area contributed by atoms with Crippen molar-refractivity contribution in [3.05, 3.63) is 73.3 Å². The Labute approximate surface area is 250 Å². The summed E-state index contributed by atoms with van der Waals surface area (Å²) < 4.78 is 6.85. The topological polar surface area (TPSA) is 83.8 Å². The fourth-order valence-corrected chi connectivity index (χ4v) is 6.85. The molecule has 3 aromatic carbocycles. The van der Waals surface area contributed by atoms with Gasteiger partial charge < -0.3 is 14.9 Å². The highest BCUT2D eigenvalue weighted by Crippen LogP contribution is 2.43. The Morgan fingerprint density at radius 2 is 1.35 bits per heavy atom. The van der Waals surface area contributed by atoms with Crippen LogP contribution in [-0.4, -0.2) is 28.4 Å². The number of halogens is 1. The van der Waals surface area contributed by atoms with Crippen LogP contribution in [-0.2, 0) is 0 Å². The SMILES string of the molecule is CCCCCC1CCC(COc2c(C)cc(-c3ccc4c(c3O)C(=O)c3ccc(I)c(O)c3C4=O)cc2C)CC1. The van der Waals surface area contributed by atoms with Crippen molar-refractivity contribution < 1.29 is 24.5 Å². The van der Waals surface area contributed by atoms with Crippen LogP contribution in [0, 0.1) is 29.3 Å². The van der Waals surface area contributed by atoms with E-state index in [4.69, 9.17) is 4.74 Å². The molecule has 2 N–H and O–H groups in total. The number of ether oxygens (including phenoxy) is 1. The fourth-order valence-electron chi connectivity index (χ4n) is 6.40. The highest BCUT2D eigenvalue weighted by molar-refractivity contribution is 14.1. The normalized spacial score (nSPS) is 18.4. The van der Waals surface area contributed by atoms with E-state index < -0.39 is 11.6 Å². The molecule has 5 rings (SSSR count). The van der Waals surface area contributed by atoms with Crippen molar-refractivity contribution in [1.82, 2.24) is 0 Å². The summed E-state index contributed by atoms with van der Waals surface area (Å²) in [6.07, 6.45) is 10.4. The van der Waals surface area contributed by atoms with Gasteiger partial charge in [-0.25, -0.2) is 0 Å². The molecule has 0 saturated heterocycles. The number of phenols is 2. The second-order valence-electron chi connectivity index (χ2n) is 11.5. The maximum absolute atomic E-state index is 13.4. The van der Waals surface area contributed by atoms with Crippen molar-refractivity contribution in [3.8, 4) is 28.4 Å². The first-order valence-electron chi connectivity index (χ1n) is 14.4. The van der Waals surface area contributed by atoms with Gasteiger partial charge in [0.1, 0.15) is 17.2 Å². The molecule has 0 amide bonds. The van der Waals surface area contributed by atoms with E-state index in [1.54, 1.807) is 18.2 Å². The molecule has 0 heterocycles. The molecule has 40 heavy (non-hydrogen) atoms. The predicted octanol–water partition coefficient (Wildman–Crippen LogP) is 8.53. The van der Waals surface area contributed by atoms with Gasteiger partial charge in [0.15, 0.2) is 11.6 Å². The summed E-state index contributed by atoms with van der Waals surface area (Å²) in [7, 11) is 0. The second kappa shape index (κ2) is 11.9. The van der Waals surface area contributed by atoms with Crippen molar-refractivity contribution in [2.24, 2.45) is 11.8 Å². The summed E-state index contributed by atoms with van der Waals surface area (Å²) in [6, 6.07) is 10.3. The van der Waals surface area contributed by atoms with E-state index >= 15 is 0 Å². The molecule has 1 saturated carbocycles. The zero-order valence-electron chi connectivity index (χ0n) is 23.5. The molecule has 6 heteroatoms. The minimum atomic E-state index is -0.468. The maximum atomic E-state index is 13.4. The van der Waals surface area contributed by atoms with Crippen LogP contribution in [0.4, 0.5) is 0 Å². The van der Waals surface area contributed by atoms with Crippen LogP contribution in [0.2, 0.25) is 0 Å². The van der Waals surface area contributed by atoms with Crippen LogP contribution in [0.25, 0.3) is 11.1 Å². The van der Waals surface area contributed by atoms with Crippen molar-refractivity contribution in [3.63, 3.8) is 0 Å². The number of aromatic hydroxyl groups is 2. The van der Waals surface area contributed by atoms with Gasteiger partial charge in [-0.2, -0.15) is 0 Å². The highest BCUT2D eigenvalue weighted by Gasteiger charge is 2.36. The Kier molecular flexibility index (Phi) is 8.55. The number of aryl methyl sites for hydroxylation is 2. The first kappa shape index (κ1) is 28.7. The summed E-state index contributed by atoms with van der Waals surface area (Å²) in [5, 5.41) is 21.7. The first-order valence-corrected chi connectivity index (χ1v) is 15.5. The van der Waals surface area contributed by atoms with Gasteiger partial charge in [0.25, 0.3) is 0 Å². The minimum absolute atomic E-state index is 0.00489. The van der Waals surface area contributed by atoms with Crippen molar-refractivity contribution in [2.75, 3.05) is 6.61 Å². The molecule has 3 aromatic rings. The fraction of sp³-hybridized carbons (Fsp3) is 0.412. The predicted molar refractivity (Wildman–Crippen MR) is 166 cm³/mol. The largest absolute Gasteiger partial charge is 0.507 e. The quantitative estimate of drug-likeness (QED) is 0.147. The van der Waals surface area contributed by atoms with E-state index in [9.17, 15) is 19.8 Å². The van der Waals surface area contributed by atoms with Crippen LogP contribution in [0.1, 0.15) is 101 Å². The third kappa shape index (κ3) is 5.39. The first-order chi connectivity index (χ1) is 19.2. The van der Waals surface area contributed by atoms with Crippen LogP contribution in [0.15, 0.2) is 36.4 Å². The molecule has 0 unspecified atom stereocenters. The Morgan fingerprint density at radius 1 is 0.800 bits per heavy atom. The standard InChI is InChI=1S/C34H37IO5/c1-4-5-6-7-21-8-10-22(11-9-21)18-40-34-19(2)16-23(17-20(34)3)24-12-13-25-28(30(24)36)31(37)26-14-15-27(35)33(39)29(26)32(25)38/h12-17,21-22,36,39H,4-11,18H2,1-3H3. The number of benzene rings is 3. The number of rotatable bonds is 8. The monoisotopic (exact) mass is 652 g/mol. The molecule has 2 aliphatic carbocycles. The number of hydrogen-bond donors (Lipinski definition) is 2. The number of carbonyl (C=O) groups excluding carboxylic acids is 2. The molecule has 210 valence electrons. The summed E-state index contributed by atoms with van der Waals surface area (Å²) in [4.78, 5) is 26.6. The van der Waals surface area contributed by atoms with Gasteiger partial charge in [0, 0.05) is 16.7 Å². The van der Waals surface area contributed by atoms with Crippen LogP contribution in [0.5, 0.6) is 17.2 Å². The average molecular weight is 653 g/mol.